The van der Waals surface area contributed by atoms with Gasteiger partial charge in [-0.05, 0) is 71.2 Å². The van der Waals surface area contributed by atoms with Gasteiger partial charge in [0, 0.05) is 17.6 Å². The van der Waals surface area contributed by atoms with Gasteiger partial charge in [0.1, 0.15) is 11.9 Å². The Morgan fingerprint density at radius 3 is 2.23 bits per heavy atom. The van der Waals surface area contributed by atoms with Crippen LogP contribution in [0.4, 0.5) is 4.79 Å². The van der Waals surface area contributed by atoms with Crippen molar-refractivity contribution in [2.45, 2.75) is 83.2 Å². The molecule has 0 saturated carbocycles. The van der Waals surface area contributed by atoms with Crippen LogP contribution in [0.25, 0.3) is 0 Å². The summed E-state index contributed by atoms with van der Waals surface area (Å²) in [7, 11) is 0. The lowest BCUT2D eigenvalue weighted by Gasteiger charge is -2.22. The van der Waals surface area contributed by atoms with Crippen molar-refractivity contribution >= 4 is 28.0 Å². The van der Waals surface area contributed by atoms with E-state index in [1.165, 1.54) is 0 Å². The number of rotatable bonds is 12. The van der Waals surface area contributed by atoms with Gasteiger partial charge in [-0.15, -0.1) is 0 Å². The van der Waals surface area contributed by atoms with E-state index in [1.54, 1.807) is 0 Å². The second kappa shape index (κ2) is 15.9. The summed E-state index contributed by atoms with van der Waals surface area (Å²) in [5.41, 5.74) is 0.823. The number of halogens is 1. The van der Waals surface area contributed by atoms with Crippen molar-refractivity contribution in [3.63, 3.8) is 0 Å². The fourth-order valence-corrected chi connectivity index (χ4v) is 3.24. The van der Waals surface area contributed by atoms with Crippen LogP contribution in [-0.2, 0) is 0 Å². The molecule has 1 aromatic rings. The molecule has 4 N–H and O–H groups in total. The van der Waals surface area contributed by atoms with Crippen molar-refractivity contribution in [2.24, 2.45) is 0 Å². The highest BCUT2D eigenvalue weighted by Crippen LogP contribution is 2.21. The molecule has 2 unspecified atom stereocenters. The summed E-state index contributed by atoms with van der Waals surface area (Å²) in [4.78, 5) is 21.2. The molecule has 0 radical (unpaired) electrons. The molecule has 2 atom stereocenters. The second-order valence-electron chi connectivity index (χ2n) is 8.29. The van der Waals surface area contributed by atoms with Crippen LogP contribution in [0, 0.1) is 0 Å². The Morgan fingerprint density at radius 1 is 1.06 bits per heavy atom. The molecule has 0 heterocycles. The van der Waals surface area contributed by atoms with Crippen molar-refractivity contribution < 1.29 is 24.5 Å². The molecule has 0 bridgehead atoms. The summed E-state index contributed by atoms with van der Waals surface area (Å²) in [6.07, 6.45) is 3.42. The maximum Gasteiger partial charge on any atom is 0.503 e. The Hall–Kier alpha value is -1.80. The Balaban J connectivity index is 0.00000206. The number of hydrogen-bond acceptors (Lipinski definition) is 4. The van der Waals surface area contributed by atoms with Crippen molar-refractivity contribution in [3.05, 3.63) is 29.8 Å². The van der Waals surface area contributed by atoms with Crippen molar-refractivity contribution in [3.8, 4) is 5.75 Å². The highest BCUT2D eigenvalue weighted by molar-refractivity contribution is 9.09. The zero-order valence-electron chi connectivity index (χ0n) is 19.4. The van der Waals surface area contributed by atoms with Crippen LogP contribution < -0.4 is 15.4 Å². The van der Waals surface area contributed by atoms with Gasteiger partial charge in [-0.1, -0.05) is 42.3 Å². The molecule has 0 saturated heterocycles. The van der Waals surface area contributed by atoms with Gasteiger partial charge in [0.2, 0.25) is 0 Å². The molecule has 0 aromatic heterocycles. The maximum atomic E-state index is 12.4. The van der Waals surface area contributed by atoms with Crippen LogP contribution in [0.5, 0.6) is 5.75 Å². The minimum Gasteiger partial charge on any atom is -0.489 e. The number of benzene rings is 1. The minimum atomic E-state index is -1.83. The first-order chi connectivity index (χ1) is 14.5. The molecule has 0 aliphatic rings. The first-order valence-electron chi connectivity index (χ1n) is 10.9. The van der Waals surface area contributed by atoms with Gasteiger partial charge in [-0.25, -0.2) is 4.79 Å². The number of unbranched alkanes of at least 4 members (excludes halogenated alkanes) is 2. The molecule has 0 aliphatic heterocycles. The first kappa shape index (κ1) is 29.2. The van der Waals surface area contributed by atoms with Gasteiger partial charge in [-0.2, -0.15) is 0 Å². The van der Waals surface area contributed by atoms with E-state index in [1.807, 2.05) is 24.3 Å². The average molecular weight is 503 g/mol. The topological polar surface area (TPSA) is 108 Å². The molecule has 1 aromatic carbocycles. The lowest BCUT2D eigenvalue weighted by molar-refractivity contribution is 0.0951. The van der Waals surface area contributed by atoms with Crippen LogP contribution in [0.15, 0.2) is 24.3 Å². The molecule has 1 rings (SSSR count). The summed E-state index contributed by atoms with van der Waals surface area (Å²) in [6.45, 7) is 12.5. The summed E-state index contributed by atoms with van der Waals surface area (Å²) in [5.74, 6) is 0.716. The molecule has 0 spiro atoms. The normalized spacial score (nSPS) is 12.8. The third-order valence-electron chi connectivity index (χ3n) is 4.37. The zero-order valence-corrected chi connectivity index (χ0v) is 21.0. The maximum absolute atomic E-state index is 12.4. The van der Waals surface area contributed by atoms with Gasteiger partial charge in [0.15, 0.2) is 0 Å². The number of ether oxygens (including phenoxy) is 1. The summed E-state index contributed by atoms with van der Waals surface area (Å²) < 4.78 is 6.07. The van der Waals surface area contributed by atoms with E-state index in [-0.39, 0.29) is 17.6 Å². The summed E-state index contributed by atoms with van der Waals surface area (Å²) in [6, 6.07) is 7.46. The van der Waals surface area contributed by atoms with Crippen molar-refractivity contribution in [1.82, 2.24) is 10.6 Å². The first-order valence-corrected chi connectivity index (χ1v) is 11.8. The largest absolute Gasteiger partial charge is 0.503 e. The summed E-state index contributed by atoms with van der Waals surface area (Å²) >= 11 is 3.67. The fraction of sp³-hybridized carbons (Fsp3) is 0.652. The number of carboxylic acid groups (broad SMARTS) is 2. The molecule has 0 fully saturated rings. The monoisotopic (exact) mass is 502 g/mol. The molecule has 178 valence electrons. The van der Waals surface area contributed by atoms with Crippen LogP contribution in [0.3, 0.4) is 0 Å². The Morgan fingerprint density at radius 2 is 1.68 bits per heavy atom. The third kappa shape index (κ3) is 15.6. The standard InChI is InChI=1S/C22H37BrN2O2.CH2O3/c1-6-19(23)20(7-2)27-18-13-11-12-17(16-18)21(26)24-14-9-8-10-15-25-22(3,4)5;2-1(3)4/h11-13,16,19-20,25H,6-10,14-15H2,1-5H3,(H,24,26);(H2,2,3,4). The Kier molecular flexibility index (Phi) is 15.0. The zero-order chi connectivity index (χ0) is 23.9. The highest BCUT2D eigenvalue weighted by atomic mass is 79.9. The predicted octanol–water partition coefficient (Wildman–Crippen LogP) is 5.53. The van der Waals surface area contributed by atoms with E-state index in [9.17, 15) is 4.79 Å². The van der Waals surface area contributed by atoms with E-state index in [0.29, 0.717) is 16.9 Å². The van der Waals surface area contributed by atoms with Gasteiger partial charge in [0.25, 0.3) is 5.91 Å². The lowest BCUT2D eigenvalue weighted by atomic mass is 10.1. The van der Waals surface area contributed by atoms with Crippen LogP contribution in [0.2, 0.25) is 0 Å². The quantitative estimate of drug-likeness (QED) is 0.221. The van der Waals surface area contributed by atoms with Crippen molar-refractivity contribution in [1.29, 1.82) is 0 Å². The van der Waals surface area contributed by atoms with Crippen LogP contribution >= 0.6 is 15.9 Å². The van der Waals surface area contributed by atoms with Gasteiger partial charge in [-0.3, -0.25) is 4.79 Å². The number of alkyl halides is 1. The van der Waals surface area contributed by atoms with Crippen LogP contribution in [0.1, 0.15) is 77.1 Å². The predicted molar refractivity (Wildman–Crippen MR) is 129 cm³/mol. The average Bonchev–Trinajstić information content (AvgIpc) is 2.69. The lowest BCUT2D eigenvalue weighted by Crippen LogP contribution is -2.36. The SMILES string of the molecule is CCC(Br)C(CC)Oc1cccc(C(=O)NCCCCCNC(C)(C)C)c1.O=C(O)O. The highest BCUT2D eigenvalue weighted by Gasteiger charge is 2.17. The fourth-order valence-electron chi connectivity index (χ4n) is 2.76. The summed E-state index contributed by atoms with van der Waals surface area (Å²) in [5, 5.41) is 20.4. The van der Waals surface area contributed by atoms with E-state index in [0.717, 1.165) is 44.4 Å². The van der Waals surface area contributed by atoms with E-state index in [2.05, 4.69) is 61.2 Å². The third-order valence-corrected chi connectivity index (χ3v) is 5.61. The number of carbonyl (C=O) groups is 2. The molecular weight excluding hydrogens is 464 g/mol. The minimum absolute atomic E-state index is 0.0350. The molecule has 0 aliphatic carbocycles. The molecule has 31 heavy (non-hydrogen) atoms. The molecule has 1 amide bonds. The van der Waals surface area contributed by atoms with E-state index >= 15 is 0 Å². The van der Waals surface area contributed by atoms with E-state index < -0.39 is 6.16 Å². The number of hydrogen-bond donors (Lipinski definition) is 4. The van der Waals surface area contributed by atoms with Crippen LogP contribution in [-0.4, -0.2) is 51.8 Å². The van der Waals surface area contributed by atoms with E-state index in [4.69, 9.17) is 19.7 Å². The second-order valence-corrected chi connectivity index (χ2v) is 9.47. The van der Waals surface area contributed by atoms with Gasteiger partial charge < -0.3 is 25.6 Å². The Bertz CT molecular complexity index is 645. The van der Waals surface area contributed by atoms with Crippen molar-refractivity contribution in [2.75, 3.05) is 13.1 Å². The van der Waals surface area contributed by atoms with Gasteiger partial charge >= 0.3 is 6.16 Å². The van der Waals surface area contributed by atoms with Gasteiger partial charge in [0.05, 0.1) is 4.83 Å². The number of amides is 1. The molecule has 7 nitrogen and oxygen atoms in total. The smallest absolute Gasteiger partial charge is 0.489 e. The number of nitrogens with one attached hydrogen (secondary N) is 2. The number of carbonyl (C=O) groups excluding carboxylic acids is 1. The molecular formula is C23H39BrN2O5. The Labute approximate surface area is 195 Å². The molecule has 8 heteroatoms.